The van der Waals surface area contributed by atoms with Gasteiger partial charge in [0.25, 0.3) is 17.7 Å². The molecule has 188 valence electrons. The van der Waals surface area contributed by atoms with E-state index in [4.69, 9.17) is 11.1 Å². The zero-order valence-corrected chi connectivity index (χ0v) is 20.0. The number of nitrogens with zero attached hydrogens (tertiary/aromatic N) is 2. The van der Waals surface area contributed by atoms with Crippen LogP contribution in [0.15, 0.2) is 48.8 Å². The van der Waals surface area contributed by atoms with Crippen LogP contribution in [-0.4, -0.2) is 52.3 Å². The number of hydrogen-bond acceptors (Lipinski definition) is 6. The number of benzene rings is 1. The van der Waals surface area contributed by atoms with Gasteiger partial charge in [0.1, 0.15) is 11.4 Å². The van der Waals surface area contributed by atoms with E-state index in [9.17, 15) is 19.2 Å². The molecule has 0 bridgehead atoms. The maximum Gasteiger partial charge on any atom is 0.337 e. The maximum absolute atomic E-state index is 12.8. The molecule has 0 saturated heterocycles. The van der Waals surface area contributed by atoms with E-state index in [0.717, 1.165) is 0 Å². The van der Waals surface area contributed by atoms with E-state index in [2.05, 4.69) is 20.7 Å². The monoisotopic (exact) mass is 493 g/mol. The molecule has 12 nitrogen and oxygen atoms in total. The van der Waals surface area contributed by atoms with Gasteiger partial charge in [-0.2, -0.15) is 0 Å². The minimum atomic E-state index is -0.500. The molecule has 1 aromatic carbocycles. The van der Waals surface area contributed by atoms with Crippen molar-refractivity contribution in [2.45, 2.75) is 6.42 Å². The molecule has 0 atom stereocenters. The van der Waals surface area contributed by atoms with Crippen LogP contribution >= 0.6 is 0 Å². The number of carbonyl (C=O) groups excluding carboxylic acids is 4. The van der Waals surface area contributed by atoms with Gasteiger partial charge in [-0.3, -0.25) is 19.8 Å². The standard InChI is InChI=1S/C24H27N7O5/c1-30-13-17(10-18(30)22(33)27-9-8-20(25)26)29-23(34)19-11-16(12-31(19)2)28-21(32)14-4-6-15(7-5-14)24(35)36-3/h4-7,10-13H,8-9H2,1-3H3,(H3,25,26)(H,27,33)(H,28,32)(H,29,34). The van der Waals surface area contributed by atoms with E-state index in [1.807, 2.05) is 0 Å². The first-order chi connectivity index (χ1) is 17.1. The molecule has 0 fully saturated rings. The predicted molar refractivity (Wildman–Crippen MR) is 133 cm³/mol. The molecule has 6 N–H and O–H groups in total. The topological polar surface area (TPSA) is 173 Å². The van der Waals surface area contributed by atoms with Gasteiger partial charge in [-0.25, -0.2) is 4.79 Å². The second-order valence-electron chi connectivity index (χ2n) is 7.96. The molecule has 2 heterocycles. The number of methoxy groups -OCH3 is 1. The van der Waals surface area contributed by atoms with Crippen molar-refractivity contribution < 1.29 is 23.9 Å². The Morgan fingerprint density at radius 1 is 0.861 bits per heavy atom. The highest BCUT2D eigenvalue weighted by atomic mass is 16.5. The predicted octanol–water partition coefficient (Wildman–Crippen LogP) is 1.71. The molecule has 36 heavy (non-hydrogen) atoms. The highest BCUT2D eigenvalue weighted by Gasteiger charge is 2.17. The Kier molecular flexibility index (Phi) is 7.89. The molecule has 3 rings (SSSR count). The lowest BCUT2D eigenvalue weighted by Crippen LogP contribution is -2.28. The largest absolute Gasteiger partial charge is 0.465 e. The summed E-state index contributed by atoms with van der Waals surface area (Å²) in [6.45, 7) is 0.230. The smallest absolute Gasteiger partial charge is 0.337 e. The molecular formula is C24H27N7O5. The number of carbonyl (C=O) groups is 4. The SMILES string of the molecule is COC(=O)c1ccc(C(=O)Nc2cc(C(=O)Nc3cc(C(=O)NCCC(=N)N)n(C)c3)n(C)c2)cc1. The number of esters is 1. The normalized spacial score (nSPS) is 10.4. The Labute approximate surface area is 206 Å². The van der Waals surface area contributed by atoms with Crippen LogP contribution in [0.2, 0.25) is 0 Å². The average molecular weight is 494 g/mol. The molecular weight excluding hydrogens is 466 g/mol. The van der Waals surface area contributed by atoms with Crippen LogP contribution in [0, 0.1) is 5.41 Å². The summed E-state index contributed by atoms with van der Waals surface area (Å²) >= 11 is 0. The maximum atomic E-state index is 12.8. The summed E-state index contributed by atoms with van der Waals surface area (Å²) in [5.74, 6) is -1.73. The summed E-state index contributed by atoms with van der Waals surface area (Å²) in [7, 11) is 4.61. The van der Waals surface area contributed by atoms with E-state index < -0.39 is 17.8 Å². The highest BCUT2D eigenvalue weighted by Crippen LogP contribution is 2.18. The first-order valence-corrected chi connectivity index (χ1v) is 10.8. The summed E-state index contributed by atoms with van der Waals surface area (Å²) in [5.41, 5.74) is 7.37. The molecule has 12 heteroatoms. The lowest BCUT2D eigenvalue weighted by Gasteiger charge is -2.04. The summed E-state index contributed by atoms with van der Waals surface area (Å²) in [6.07, 6.45) is 3.43. The number of amidine groups is 1. The van der Waals surface area contributed by atoms with E-state index in [1.165, 1.54) is 43.5 Å². The number of amides is 3. The van der Waals surface area contributed by atoms with Gasteiger partial charge in [-0.15, -0.1) is 0 Å². The van der Waals surface area contributed by atoms with Gasteiger partial charge < -0.3 is 35.6 Å². The first kappa shape index (κ1) is 25.7. The van der Waals surface area contributed by atoms with Crippen LogP contribution in [-0.2, 0) is 18.8 Å². The summed E-state index contributed by atoms with van der Waals surface area (Å²) in [4.78, 5) is 49.3. The molecule has 0 spiro atoms. The summed E-state index contributed by atoms with van der Waals surface area (Å²) in [5, 5.41) is 15.3. The third-order valence-electron chi connectivity index (χ3n) is 5.24. The zero-order valence-electron chi connectivity index (χ0n) is 20.0. The lowest BCUT2D eigenvalue weighted by atomic mass is 10.1. The van der Waals surface area contributed by atoms with E-state index in [-0.39, 0.29) is 30.4 Å². The molecule has 0 saturated carbocycles. The Bertz CT molecular complexity index is 1320. The average Bonchev–Trinajstić information content (AvgIpc) is 3.39. The zero-order chi connectivity index (χ0) is 26.4. The van der Waals surface area contributed by atoms with Gasteiger partial charge in [0.2, 0.25) is 0 Å². The summed E-state index contributed by atoms with van der Waals surface area (Å²) in [6, 6.07) is 9.03. The minimum Gasteiger partial charge on any atom is -0.465 e. The van der Waals surface area contributed by atoms with Crippen LogP contribution in [0.1, 0.15) is 48.1 Å². The van der Waals surface area contributed by atoms with Gasteiger partial charge in [0.15, 0.2) is 0 Å². The van der Waals surface area contributed by atoms with Crippen molar-refractivity contribution in [2.75, 3.05) is 24.3 Å². The number of aryl methyl sites for hydroxylation is 2. The number of nitrogens with two attached hydrogens (primary N) is 1. The highest BCUT2D eigenvalue weighted by molar-refractivity contribution is 6.07. The fourth-order valence-electron chi connectivity index (χ4n) is 3.39. The van der Waals surface area contributed by atoms with Gasteiger partial charge in [0.05, 0.1) is 29.9 Å². The fourth-order valence-corrected chi connectivity index (χ4v) is 3.39. The van der Waals surface area contributed by atoms with Crippen LogP contribution in [0.25, 0.3) is 0 Å². The van der Waals surface area contributed by atoms with Crippen LogP contribution in [0.5, 0.6) is 0 Å². The number of rotatable bonds is 9. The Hall–Kier alpha value is -4.87. The molecule has 0 radical (unpaired) electrons. The van der Waals surface area contributed by atoms with Crippen LogP contribution in [0.4, 0.5) is 11.4 Å². The second kappa shape index (κ2) is 11.0. The molecule has 0 aliphatic heterocycles. The van der Waals surface area contributed by atoms with Crippen molar-refractivity contribution >= 4 is 40.9 Å². The second-order valence-corrected chi connectivity index (χ2v) is 7.96. The Morgan fingerprint density at radius 3 is 1.89 bits per heavy atom. The van der Waals surface area contributed by atoms with Crippen molar-refractivity contribution in [3.8, 4) is 0 Å². The van der Waals surface area contributed by atoms with Gasteiger partial charge in [-0.05, 0) is 36.4 Å². The van der Waals surface area contributed by atoms with E-state index in [1.54, 1.807) is 35.6 Å². The number of anilines is 2. The van der Waals surface area contributed by atoms with Crippen molar-refractivity contribution in [3.05, 3.63) is 71.3 Å². The molecule has 3 amide bonds. The first-order valence-electron chi connectivity index (χ1n) is 10.8. The molecule has 0 unspecified atom stereocenters. The Balaban J connectivity index is 1.65. The third-order valence-corrected chi connectivity index (χ3v) is 5.24. The summed E-state index contributed by atoms with van der Waals surface area (Å²) < 4.78 is 7.77. The van der Waals surface area contributed by atoms with Gasteiger partial charge >= 0.3 is 5.97 Å². The van der Waals surface area contributed by atoms with Crippen LogP contribution < -0.4 is 21.7 Å². The number of hydrogen-bond donors (Lipinski definition) is 5. The van der Waals surface area contributed by atoms with E-state index >= 15 is 0 Å². The van der Waals surface area contributed by atoms with Crippen molar-refractivity contribution in [1.82, 2.24) is 14.5 Å². The number of ether oxygens (including phenoxy) is 1. The number of aromatic nitrogens is 2. The third kappa shape index (κ3) is 6.17. The van der Waals surface area contributed by atoms with Gasteiger partial charge in [0, 0.05) is 45.0 Å². The fraction of sp³-hybridized carbons (Fsp3) is 0.208. The van der Waals surface area contributed by atoms with Crippen molar-refractivity contribution in [2.24, 2.45) is 19.8 Å². The minimum absolute atomic E-state index is 0.0234. The molecule has 0 aliphatic carbocycles. The van der Waals surface area contributed by atoms with Crippen LogP contribution in [0.3, 0.4) is 0 Å². The molecule has 3 aromatic rings. The molecule has 0 aliphatic rings. The number of nitrogens with one attached hydrogen (secondary N) is 4. The molecule has 2 aromatic heterocycles. The van der Waals surface area contributed by atoms with Crippen molar-refractivity contribution in [1.29, 1.82) is 5.41 Å². The lowest BCUT2D eigenvalue weighted by molar-refractivity contribution is 0.0600. The van der Waals surface area contributed by atoms with Gasteiger partial charge in [-0.1, -0.05) is 0 Å². The van der Waals surface area contributed by atoms with Crippen molar-refractivity contribution in [3.63, 3.8) is 0 Å². The quantitative estimate of drug-likeness (QED) is 0.172. The van der Waals surface area contributed by atoms with E-state index in [0.29, 0.717) is 28.2 Å². The Morgan fingerprint density at radius 2 is 1.36 bits per heavy atom.